The molecule has 0 radical (unpaired) electrons. The maximum absolute atomic E-state index is 2.58. The van der Waals surface area contributed by atoms with E-state index in [0.29, 0.717) is 0 Å². The summed E-state index contributed by atoms with van der Waals surface area (Å²) in [5, 5.41) is 0. The van der Waals surface area contributed by atoms with Gasteiger partial charge in [0, 0.05) is 28.8 Å². The minimum atomic E-state index is -0.342. The van der Waals surface area contributed by atoms with Crippen molar-refractivity contribution < 1.29 is 0 Å². The molecule has 3 unspecified atom stereocenters. The molecule has 1 heteroatoms. The van der Waals surface area contributed by atoms with Gasteiger partial charge in [0.1, 0.15) is 0 Å². The maximum Gasteiger partial charge on any atom is 0.0543 e. The molecule has 0 aliphatic heterocycles. The molecule has 3 atom stereocenters. The van der Waals surface area contributed by atoms with Crippen LogP contribution in [0.4, 0.5) is 17.1 Å². The predicted octanol–water partition coefficient (Wildman–Crippen LogP) is 13.9. The second kappa shape index (κ2) is 12.9. The van der Waals surface area contributed by atoms with Crippen LogP contribution in [-0.4, -0.2) is 0 Å². The first-order chi connectivity index (χ1) is 26.7. The normalized spacial score (nSPS) is 19.1. The second-order valence-electron chi connectivity index (χ2n) is 14.8. The van der Waals surface area contributed by atoms with Gasteiger partial charge in [-0.15, -0.1) is 0 Å². The molecule has 0 amide bonds. The molecular weight excluding hydrogens is 651 g/mol. The standard InChI is InChI=1S/C53H41N/c1-3-36(2)37-28-30-39(31-29-37)40-18-14-21-43(34-40)54(42-19-8-5-9-20-42)51-27-15-26-49-52(51)46-23-11-13-25-48(46)53(49)47-24-12-10-22-44(47)45-33-32-41(35-50(45)53)38-16-6-4-7-17-38/h3-35,45,50H,1-2H3/b36-3+. The molecule has 54 heavy (non-hydrogen) atoms. The van der Waals surface area contributed by atoms with Crippen LogP contribution in [0.15, 0.2) is 200 Å². The van der Waals surface area contributed by atoms with Gasteiger partial charge in [-0.1, -0.05) is 170 Å². The Labute approximate surface area is 318 Å². The largest absolute Gasteiger partial charge is 0.310 e. The summed E-state index contributed by atoms with van der Waals surface area (Å²) in [6.45, 7) is 4.27. The van der Waals surface area contributed by atoms with Crippen LogP contribution >= 0.6 is 0 Å². The molecule has 0 N–H and O–H groups in total. The molecule has 0 saturated carbocycles. The van der Waals surface area contributed by atoms with Gasteiger partial charge in [0.05, 0.1) is 11.1 Å². The minimum absolute atomic E-state index is 0.218. The Morgan fingerprint density at radius 3 is 2.02 bits per heavy atom. The Kier molecular flexibility index (Phi) is 7.70. The van der Waals surface area contributed by atoms with E-state index in [1.807, 2.05) is 0 Å². The maximum atomic E-state index is 2.58. The molecule has 0 bridgehead atoms. The van der Waals surface area contributed by atoms with E-state index in [9.17, 15) is 0 Å². The van der Waals surface area contributed by atoms with Gasteiger partial charge in [-0.3, -0.25) is 0 Å². The lowest BCUT2D eigenvalue weighted by Gasteiger charge is -2.37. The molecule has 0 saturated heterocycles. The molecule has 7 aromatic rings. The second-order valence-corrected chi connectivity index (χ2v) is 14.8. The lowest BCUT2D eigenvalue weighted by Crippen LogP contribution is -2.33. The third-order valence-electron chi connectivity index (χ3n) is 12.1. The third-order valence-corrected chi connectivity index (χ3v) is 12.1. The summed E-state index contributed by atoms with van der Waals surface area (Å²) in [5.41, 5.74) is 18.9. The van der Waals surface area contributed by atoms with E-state index in [4.69, 9.17) is 0 Å². The molecule has 7 aromatic carbocycles. The van der Waals surface area contributed by atoms with Gasteiger partial charge in [-0.25, -0.2) is 0 Å². The molecule has 0 aromatic heterocycles. The molecule has 3 aliphatic carbocycles. The van der Waals surface area contributed by atoms with Crippen LogP contribution < -0.4 is 4.90 Å². The number of allylic oxidation sites excluding steroid dienone is 6. The van der Waals surface area contributed by atoms with Crippen molar-refractivity contribution in [1.82, 2.24) is 0 Å². The van der Waals surface area contributed by atoms with Crippen molar-refractivity contribution in [3.8, 4) is 22.3 Å². The molecular formula is C53H41N. The van der Waals surface area contributed by atoms with Gasteiger partial charge in [-0.2, -0.15) is 0 Å². The monoisotopic (exact) mass is 691 g/mol. The van der Waals surface area contributed by atoms with Crippen LogP contribution in [-0.2, 0) is 5.41 Å². The molecule has 258 valence electrons. The Bertz CT molecular complexity index is 2630. The van der Waals surface area contributed by atoms with Crippen molar-refractivity contribution in [2.45, 2.75) is 25.2 Å². The van der Waals surface area contributed by atoms with Crippen molar-refractivity contribution in [2.75, 3.05) is 4.90 Å². The minimum Gasteiger partial charge on any atom is -0.310 e. The highest BCUT2D eigenvalue weighted by atomic mass is 15.1. The summed E-state index contributed by atoms with van der Waals surface area (Å²) in [4.78, 5) is 2.47. The lowest BCUT2D eigenvalue weighted by molar-refractivity contribution is 0.467. The van der Waals surface area contributed by atoms with Gasteiger partial charge in [-0.05, 0) is 105 Å². The topological polar surface area (TPSA) is 3.24 Å². The molecule has 1 nitrogen and oxygen atoms in total. The zero-order chi connectivity index (χ0) is 36.2. The molecule has 0 fully saturated rings. The van der Waals surface area contributed by atoms with E-state index in [1.165, 1.54) is 72.5 Å². The van der Waals surface area contributed by atoms with Gasteiger partial charge in [0.15, 0.2) is 0 Å². The zero-order valence-corrected chi connectivity index (χ0v) is 30.7. The van der Waals surface area contributed by atoms with Crippen molar-refractivity contribution in [3.05, 3.63) is 234 Å². The SMILES string of the molecule is C/C=C(\C)c1ccc(-c2cccc(N(c3ccccc3)c3cccc4c3-c3ccccc3C43c4ccccc4C4C=CC(c5ccccc5)=CC43)c2)cc1. The highest BCUT2D eigenvalue weighted by Crippen LogP contribution is 2.67. The van der Waals surface area contributed by atoms with Gasteiger partial charge in [0.25, 0.3) is 0 Å². The molecule has 0 heterocycles. The first kappa shape index (κ1) is 32.2. The number of hydrogen-bond acceptors (Lipinski definition) is 1. The molecule has 1 spiro atoms. The summed E-state index contributed by atoms with van der Waals surface area (Å²) in [6, 6.07) is 65.2. The van der Waals surface area contributed by atoms with E-state index in [-0.39, 0.29) is 17.3 Å². The van der Waals surface area contributed by atoms with Crippen LogP contribution in [0.25, 0.3) is 33.4 Å². The molecule has 3 aliphatic rings. The quantitative estimate of drug-likeness (QED) is 0.168. The smallest absolute Gasteiger partial charge is 0.0543 e. The van der Waals surface area contributed by atoms with Crippen molar-refractivity contribution >= 4 is 28.2 Å². The van der Waals surface area contributed by atoms with Crippen LogP contribution in [0, 0.1) is 5.92 Å². The van der Waals surface area contributed by atoms with Gasteiger partial charge < -0.3 is 4.90 Å². The summed E-state index contributed by atoms with van der Waals surface area (Å²) < 4.78 is 0. The van der Waals surface area contributed by atoms with E-state index in [1.54, 1.807) is 0 Å². The number of anilines is 3. The van der Waals surface area contributed by atoms with Crippen LogP contribution in [0.2, 0.25) is 0 Å². The van der Waals surface area contributed by atoms with E-state index in [0.717, 1.165) is 11.4 Å². The van der Waals surface area contributed by atoms with Crippen molar-refractivity contribution in [2.24, 2.45) is 5.92 Å². The molecule has 10 rings (SSSR count). The fourth-order valence-electron chi connectivity index (χ4n) is 9.62. The summed E-state index contributed by atoms with van der Waals surface area (Å²) in [6.07, 6.45) is 9.57. The summed E-state index contributed by atoms with van der Waals surface area (Å²) >= 11 is 0. The fraction of sp³-hybridized carbons (Fsp3) is 0.0943. The fourth-order valence-corrected chi connectivity index (χ4v) is 9.62. The average molecular weight is 692 g/mol. The zero-order valence-electron chi connectivity index (χ0n) is 30.7. The van der Waals surface area contributed by atoms with Crippen LogP contribution in [0.3, 0.4) is 0 Å². The lowest BCUT2D eigenvalue weighted by atomic mass is 9.64. The number of hydrogen-bond donors (Lipinski definition) is 0. The van der Waals surface area contributed by atoms with E-state index < -0.39 is 0 Å². The Balaban J connectivity index is 1.20. The predicted molar refractivity (Wildman–Crippen MR) is 227 cm³/mol. The van der Waals surface area contributed by atoms with E-state index >= 15 is 0 Å². The number of nitrogens with zero attached hydrogens (tertiary/aromatic N) is 1. The Morgan fingerprint density at radius 1 is 0.574 bits per heavy atom. The van der Waals surface area contributed by atoms with Crippen LogP contribution in [0.1, 0.15) is 53.1 Å². The Hall–Kier alpha value is -6.44. The first-order valence-corrected chi connectivity index (χ1v) is 19.1. The van der Waals surface area contributed by atoms with Gasteiger partial charge in [0.2, 0.25) is 0 Å². The van der Waals surface area contributed by atoms with E-state index in [2.05, 4.69) is 219 Å². The van der Waals surface area contributed by atoms with Crippen molar-refractivity contribution in [3.63, 3.8) is 0 Å². The summed E-state index contributed by atoms with van der Waals surface area (Å²) in [7, 11) is 0. The highest BCUT2D eigenvalue weighted by Gasteiger charge is 2.57. The third kappa shape index (κ3) is 4.85. The number of rotatable bonds is 6. The Morgan fingerprint density at radius 2 is 1.22 bits per heavy atom. The number of benzene rings is 7. The average Bonchev–Trinajstić information content (AvgIpc) is 3.72. The van der Waals surface area contributed by atoms with Crippen LogP contribution in [0.5, 0.6) is 0 Å². The highest BCUT2D eigenvalue weighted by molar-refractivity contribution is 5.97. The van der Waals surface area contributed by atoms with Crippen molar-refractivity contribution in [1.29, 1.82) is 0 Å². The number of fused-ring (bicyclic) bond motifs is 10. The first-order valence-electron chi connectivity index (χ1n) is 19.1. The number of para-hydroxylation sites is 1. The van der Waals surface area contributed by atoms with Gasteiger partial charge >= 0.3 is 0 Å². The summed E-state index contributed by atoms with van der Waals surface area (Å²) in [5.74, 6) is 0.497.